The summed E-state index contributed by atoms with van der Waals surface area (Å²) in [5, 5.41) is 0. The number of benzene rings is 1. The predicted octanol–water partition coefficient (Wildman–Crippen LogP) is 8.00. The number of hydrogen-bond donors (Lipinski definition) is 0. The Morgan fingerprint density at radius 1 is 1.00 bits per heavy atom. The van der Waals surface area contributed by atoms with Gasteiger partial charge in [0.1, 0.15) is 0 Å². The smallest absolute Gasteiger partial charge is 0.0128 e. The maximum Gasteiger partial charge on any atom is -0.0128 e. The number of hydrogen-bond acceptors (Lipinski definition) is 0. The predicted molar refractivity (Wildman–Crippen MR) is 113 cm³/mol. The number of rotatable bonds is 8. The van der Waals surface area contributed by atoms with Crippen molar-refractivity contribution in [1.29, 1.82) is 0 Å². The molecule has 3 aliphatic carbocycles. The standard InChI is InChI=1S/C26H40/c1-4-20(7-5-8-21-12-13-21)14-16-22-19(3)23-15-11-18(2)17-26(23)25-10-6-9-24(22)25/h11,15,17,19-22,24-25H,4-10,12-14,16H2,1-3H3. The molecule has 5 atom stereocenters. The van der Waals surface area contributed by atoms with Gasteiger partial charge >= 0.3 is 0 Å². The quantitative estimate of drug-likeness (QED) is 0.444. The van der Waals surface area contributed by atoms with E-state index >= 15 is 0 Å². The molecule has 0 bridgehead atoms. The van der Waals surface area contributed by atoms with Crippen molar-refractivity contribution in [2.45, 2.75) is 103 Å². The van der Waals surface area contributed by atoms with Gasteiger partial charge < -0.3 is 0 Å². The second kappa shape index (κ2) is 8.07. The van der Waals surface area contributed by atoms with E-state index in [1.807, 2.05) is 0 Å². The molecule has 0 heteroatoms. The van der Waals surface area contributed by atoms with Crippen LogP contribution < -0.4 is 0 Å². The number of aryl methyl sites for hydroxylation is 1. The van der Waals surface area contributed by atoms with E-state index in [1.54, 1.807) is 11.1 Å². The minimum atomic E-state index is 0.772. The van der Waals surface area contributed by atoms with Gasteiger partial charge in [-0.2, -0.15) is 0 Å². The molecule has 0 aliphatic heterocycles. The first kappa shape index (κ1) is 18.6. The minimum Gasteiger partial charge on any atom is -0.0651 e. The summed E-state index contributed by atoms with van der Waals surface area (Å²) in [4.78, 5) is 0. The fourth-order valence-corrected chi connectivity index (χ4v) is 6.47. The van der Waals surface area contributed by atoms with E-state index in [4.69, 9.17) is 0 Å². The zero-order valence-corrected chi connectivity index (χ0v) is 17.5. The van der Waals surface area contributed by atoms with E-state index in [0.29, 0.717) is 0 Å². The van der Waals surface area contributed by atoms with Crippen molar-refractivity contribution in [3.05, 3.63) is 34.9 Å². The van der Waals surface area contributed by atoms with Crippen LogP contribution in [0, 0.1) is 30.6 Å². The maximum atomic E-state index is 2.54. The third-order valence-corrected chi connectivity index (χ3v) is 8.30. The molecule has 1 aromatic carbocycles. The van der Waals surface area contributed by atoms with Gasteiger partial charge in [-0.3, -0.25) is 0 Å². The SMILES string of the molecule is CCC(CCCC1CC1)CCC1C(C)c2ccc(C)cc2C2CCCC21. The Kier molecular flexibility index (Phi) is 5.77. The van der Waals surface area contributed by atoms with E-state index in [0.717, 1.165) is 35.5 Å². The molecule has 0 radical (unpaired) electrons. The molecule has 26 heavy (non-hydrogen) atoms. The molecule has 0 saturated heterocycles. The highest BCUT2D eigenvalue weighted by atomic mass is 14.5. The molecule has 0 amide bonds. The molecule has 2 fully saturated rings. The van der Waals surface area contributed by atoms with Crippen LogP contribution in [-0.4, -0.2) is 0 Å². The Morgan fingerprint density at radius 2 is 1.85 bits per heavy atom. The van der Waals surface area contributed by atoms with Gasteiger partial charge in [0, 0.05) is 0 Å². The molecule has 0 nitrogen and oxygen atoms in total. The molecule has 1 aromatic rings. The Hall–Kier alpha value is -0.780. The van der Waals surface area contributed by atoms with Crippen molar-refractivity contribution in [3.8, 4) is 0 Å². The third kappa shape index (κ3) is 3.90. The Bertz CT molecular complexity index is 596. The first-order chi connectivity index (χ1) is 12.7. The van der Waals surface area contributed by atoms with Crippen molar-refractivity contribution < 1.29 is 0 Å². The second-order valence-corrected chi connectivity index (χ2v) is 10.0. The molecule has 2 saturated carbocycles. The second-order valence-electron chi connectivity index (χ2n) is 10.0. The Morgan fingerprint density at radius 3 is 2.62 bits per heavy atom. The fourth-order valence-electron chi connectivity index (χ4n) is 6.47. The lowest BCUT2D eigenvalue weighted by Crippen LogP contribution is -2.30. The Balaban J connectivity index is 1.41. The van der Waals surface area contributed by atoms with E-state index < -0.39 is 0 Å². The molecule has 144 valence electrons. The summed E-state index contributed by atoms with van der Waals surface area (Å²) in [7, 11) is 0. The van der Waals surface area contributed by atoms with Gasteiger partial charge in [-0.05, 0) is 72.8 Å². The minimum absolute atomic E-state index is 0.772. The molecular weight excluding hydrogens is 312 g/mol. The van der Waals surface area contributed by atoms with Crippen LogP contribution in [-0.2, 0) is 0 Å². The van der Waals surface area contributed by atoms with Crippen molar-refractivity contribution in [2.75, 3.05) is 0 Å². The lowest BCUT2D eigenvalue weighted by Gasteiger charge is -2.41. The summed E-state index contributed by atoms with van der Waals surface area (Å²) in [6, 6.07) is 7.36. The fraction of sp³-hybridized carbons (Fsp3) is 0.769. The summed E-state index contributed by atoms with van der Waals surface area (Å²) in [6.07, 6.45) is 16.3. The lowest BCUT2D eigenvalue weighted by molar-refractivity contribution is 0.213. The molecule has 4 rings (SSSR count). The van der Waals surface area contributed by atoms with E-state index in [1.165, 1.54) is 76.2 Å². The van der Waals surface area contributed by atoms with Crippen LogP contribution in [0.3, 0.4) is 0 Å². The van der Waals surface area contributed by atoms with Crippen molar-refractivity contribution in [3.63, 3.8) is 0 Å². The highest BCUT2D eigenvalue weighted by Gasteiger charge is 2.42. The summed E-state index contributed by atoms with van der Waals surface area (Å²) >= 11 is 0. The first-order valence-corrected chi connectivity index (χ1v) is 11.8. The van der Waals surface area contributed by atoms with Crippen LogP contribution in [0.5, 0.6) is 0 Å². The van der Waals surface area contributed by atoms with Crippen LogP contribution in [0.15, 0.2) is 18.2 Å². The van der Waals surface area contributed by atoms with Crippen molar-refractivity contribution in [2.24, 2.45) is 23.7 Å². The average Bonchev–Trinajstić information content (AvgIpc) is 3.33. The monoisotopic (exact) mass is 352 g/mol. The van der Waals surface area contributed by atoms with Gasteiger partial charge in [0.25, 0.3) is 0 Å². The van der Waals surface area contributed by atoms with Crippen molar-refractivity contribution >= 4 is 0 Å². The summed E-state index contributed by atoms with van der Waals surface area (Å²) in [5.74, 6) is 5.67. The average molecular weight is 353 g/mol. The van der Waals surface area contributed by atoms with Gasteiger partial charge in [-0.25, -0.2) is 0 Å². The van der Waals surface area contributed by atoms with Gasteiger partial charge in [0.15, 0.2) is 0 Å². The lowest BCUT2D eigenvalue weighted by atomic mass is 9.63. The molecule has 3 aliphatic rings. The molecule has 0 spiro atoms. The van der Waals surface area contributed by atoms with E-state index in [-0.39, 0.29) is 0 Å². The number of fused-ring (bicyclic) bond motifs is 3. The van der Waals surface area contributed by atoms with Crippen LogP contribution in [0.1, 0.15) is 113 Å². The van der Waals surface area contributed by atoms with E-state index in [9.17, 15) is 0 Å². The molecule has 5 unspecified atom stereocenters. The maximum absolute atomic E-state index is 2.54. The van der Waals surface area contributed by atoms with Gasteiger partial charge in [0.05, 0.1) is 0 Å². The molecule has 0 heterocycles. The topological polar surface area (TPSA) is 0 Å². The highest BCUT2D eigenvalue weighted by Crippen LogP contribution is 2.55. The van der Waals surface area contributed by atoms with Gasteiger partial charge in [0.2, 0.25) is 0 Å². The van der Waals surface area contributed by atoms with E-state index in [2.05, 4.69) is 39.0 Å². The van der Waals surface area contributed by atoms with Crippen LogP contribution in [0.2, 0.25) is 0 Å². The molecular formula is C26H40. The summed E-state index contributed by atoms with van der Waals surface area (Å²) in [5.41, 5.74) is 4.89. The molecule has 0 aromatic heterocycles. The highest BCUT2D eigenvalue weighted by molar-refractivity contribution is 5.40. The van der Waals surface area contributed by atoms with Crippen LogP contribution in [0.4, 0.5) is 0 Å². The zero-order chi connectivity index (χ0) is 18.1. The Labute approximate surface area is 162 Å². The largest absolute Gasteiger partial charge is 0.0651 e. The van der Waals surface area contributed by atoms with Crippen LogP contribution in [0.25, 0.3) is 0 Å². The van der Waals surface area contributed by atoms with Gasteiger partial charge in [-0.15, -0.1) is 0 Å². The normalized spacial score (nSPS) is 31.5. The van der Waals surface area contributed by atoms with Crippen LogP contribution >= 0.6 is 0 Å². The van der Waals surface area contributed by atoms with Crippen molar-refractivity contribution in [1.82, 2.24) is 0 Å². The summed E-state index contributed by atoms with van der Waals surface area (Å²) in [6.45, 7) is 7.25. The first-order valence-electron chi connectivity index (χ1n) is 11.8. The molecule has 0 N–H and O–H groups in total. The van der Waals surface area contributed by atoms with Gasteiger partial charge in [-0.1, -0.05) is 89.0 Å². The zero-order valence-electron chi connectivity index (χ0n) is 17.5. The summed E-state index contributed by atoms with van der Waals surface area (Å²) < 4.78 is 0. The third-order valence-electron chi connectivity index (χ3n) is 8.30.